The molecule has 0 amide bonds. The lowest BCUT2D eigenvalue weighted by atomic mass is 10.0. The van der Waals surface area contributed by atoms with Crippen molar-refractivity contribution in [2.24, 2.45) is 0 Å². The van der Waals surface area contributed by atoms with Gasteiger partial charge in [0, 0.05) is 20.4 Å². The smallest absolute Gasteiger partial charge is 0.0798 e. The Morgan fingerprint density at radius 3 is 2.85 bits per heavy atom. The van der Waals surface area contributed by atoms with E-state index in [1.807, 2.05) is 17.6 Å². The molecular formula is C15H18BrClN2S. The first-order chi connectivity index (χ1) is 9.61. The summed E-state index contributed by atoms with van der Waals surface area (Å²) in [5, 5.41) is 4.41. The van der Waals surface area contributed by atoms with Crippen LogP contribution in [0.4, 0.5) is 0 Å². The van der Waals surface area contributed by atoms with E-state index in [9.17, 15) is 0 Å². The molecule has 2 rings (SSSR count). The van der Waals surface area contributed by atoms with Crippen molar-refractivity contribution >= 4 is 38.9 Å². The zero-order chi connectivity index (χ0) is 14.5. The summed E-state index contributed by atoms with van der Waals surface area (Å²) in [5.41, 5.74) is 4.18. The van der Waals surface area contributed by atoms with Crippen LogP contribution < -0.4 is 5.32 Å². The van der Waals surface area contributed by atoms with Crippen molar-refractivity contribution in [2.75, 3.05) is 6.54 Å². The molecule has 20 heavy (non-hydrogen) atoms. The minimum absolute atomic E-state index is 0.279. The Kier molecular flexibility index (Phi) is 6.02. The van der Waals surface area contributed by atoms with Gasteiger partial charge >= 0.3 is 0 Å². The highest BCUT2D eigenvalue weighted by atomic mass is 79.9. The average molecular weight is 374 g/mol. The molecule has 2 aromatic rings. The lowest BCUT2D eigenvalue weighted by Crippen LogP contribution is -2.24. The molecule has 0 bridgehead atoms. The Morgan fingerprint density at radius 2 is 2.25 bits per heavy atom. The van der Waals surface area contributed by atoms with Crippen LogP contribution in [0.5, 0.6) is 0 Å². The molecule has 2 nitrogen and oxygen atoms in total. The summed E-state index contributed by atoms with van der Waals surface area (Å²) >= 11 is 11.5. The van der Waals surface area contributed by atoms with Crippen molar-refractivity contribution in [3.05, 3.63) is 49.3 Å². The maximum absolute atomic E-state index is 6.34. The number of thiazole rings is 1. The lowest BCUT2D eigenvalue weighted by molar-refractivity contribution is 0.534. The van der Waals surface area contributed by atoms with E-state index in [0.29, 0.717) is 0 Å². The molecule has 1 aromatic carbocycles. The molecule has 0 spiro atoms. The zero-order valence-electron chi connectivity index (χ0n) is 11.6. The minimum Gasteiger partial charge on any atom is -0.309 e. The number of rotatable bonds is 6. The van der Waals surface area contributed by atoms with Gasteiger partial charge in [0.25, 0.3) is 0 Å². The second kappa shape index (κ2) is 7.55. The van der Waals surface area contributed by atoms with Gasteiger partial charge in [-0.25, -0.2) is 4.98 Å². The van der Waals surface area contributed by atoms with Crippen LogP contribution in [0, 0.1) is 6.92 Å². The molecule has 0 saturated carbocycles. The molecule has 0 aliphatic rings. The minimum atomic E-state index is 0.279. The molecule has 0 radical (unpaired) electrons. The van der Waals surface area contributed by atoms with E-state index >= 15 is 0 Å². The number of halogens is 2. The largest absolute Gasteiger partial charge is 0.309 e. The fourth-order valence-corrected chi connectivity index (χ4v) is 3.76. The Morgan fingerprint density at radius 1 is 1.45 bits per heavy atom. The maximum Gasteiger partial charge on any atom is 0.0798 e. The first-order valence-electron chi connectivity index (χ1n) is 6.69. The Hall–Kier alpha value is -0.420. The average Bonchev–Trinajstić information content (AvgIpc) is 2.83. The molecule has 1 aromatic heterocycles. The van der Waals surface area contributed by atoms with Crippen molar-refractivity contribution in [2.45, 2.75) is 32.7 Å². The van der Waals surface area contributed by atoms with Gasteiger partial charge in [-0.2, -0.15) is 0 Å². The van der Waals surface area contributed by atoms with E-state index < -0.39 is 0 Å². The van der Waals surface area contributed by atoms with E-state index in [1.54, 1.807) is 11.3 Å². The number of nitrogens with zero attached hydrogens (tertiary/aromatic N) is 1. The third-order valence-electron chi connectivity index (χ3n) is 3.18. The van der Waals surface area contributed by atoms with E-state index in [1.165, 1.54) is 4.88 Å². The van der Waals surface area contributed by atoms with Gasteiger partial charge in [0.2, 0.25) is 0 Å². The van der Waals surface area contributed by atoms with Gasteiger partial charge in [-0.1, -0.05) is 40.5 Å². The summed E-state index contributed by atoms with van der Waals surface area (Å²) in [6.07, 6.45) is 2.00. The molecule has 0 aliphatic heterocycles. The van der Waals surface area contributed by atoms with E-state index in [2.05, 4.69) is 46.1 Å². The third kappa shape index (κ3) is 4.04. The number of nitrogens with one attached hydrogen (secondary N) is 1. The molecule has 0 saturated heterocycles. The Labute approximate surface area is 137 Å². The summed E-state index contributed by atoms with van der Waals surface area (Å²) in [4.78, 5) is 5.66. The fraction of sp³-hybridized carbons (Fsp3) is 0.400. The van der Waals surface area contributed by atoms with Crippen LogP contribution >= 0.6 is 38.9 Å². The Balaban J connectivity index is 2.21. The normalized spacial score (nSPS) is 12.6. The fourth-order valence-electron chi connectivity index (χ4n) is 2.13. The van der Waals surface area contributed by atoms with Crippen LogP contribution in [0.15, 0.2) is 28.2 Å². The van der Waals surface area contributed by atoms with Crippen molar-refractivity contribution in [1.82, 2.24) is 10.3 Å². The van der Waals surface area contributed by atoms with Gasteiger partial charge < -0.3 is 5.32 Å². The van der Waals surface area contributed by atoms with Crippen LogP contribution in [0.25, 0.3) is 0 Å². The second-order valence-electron chi connectivity index (χ2n) is 4.75. The van der Waals surface area contributed by atoms with Crippen LogP contribution in [0.1, 0.15) is 35.5 Å². The zero-order valence-corrected chi connectivity index (χ0v) is 14.8. The topological polar surface area (TPSA) is 24.9 Å². The third-order valence-corrected chi connectivity index (χ3v) is 5.07. The van der Waals surface area contributed by atoms with Gasteiger partial charge in [0.1, 0.15) is 0 Å². The lowest BCUT2D eigenvalue weighted by Gasteiger charge is -2.18. The second-order valence-corrected chi connectivity index (χ2v) is 6.96. The van der Waals surface area contributed by atoms with Gasteiger partial charge in [0.05, 0.1) is 11.2 Å². The number of aryl methyl sites for hydroxylation is 1. The van der Waals surface area contributed by atoms with E-state index in [0.717, 1.165) is 40.1 Å². The van der Waals surface area contributed by atoms with Crippen LogP contribution in [-0.4, -0.2) is 11.5 Å². The molecular weight excluding hydrogens is 356 g/mol. The van der Waals surface area contributed by atoms with Gasteiger partial charge in [-0.3, -0.25) is 0 Å². The maximum atomic E-state index is 6.34. The highest BCUT2D eigenvalue weighted by molar-refractivity contribution is 9.10. The summed E-state index contributed by atoms with van der Waals surface area (Å²) in [6.45, 7) is 5.24. The molecule has 1 N–H and O–H groups in total. The number of hydrogen-bond donors (Lipinski definition) is 1. The first kappa shape index (κ1) is 16.0. The monoisotopic (exact) mass is 372 g/mol. The van der Waals surface area contributed by atoms with Gasteiger partial charge in [0.15, 0.2) is 0 Å². The molecule has 1 atom stereocenters. The summed E-state index contributed by atoms with van der Waals surface area (Å²) in [6, 6.07) is 6.36. The quantitative estimate of drug-likeness (QED) is 0.757. The van der Waals surface area contributed by atoms with Gasteiger partial charge in [-0.05, 0) is 44.0 Å². The van der Waals surface area contributed by atoms with E-state index in [4.69, 9.17) is 11.6 Å². The number of aromatic nitrogens is 1. The SMILES string of the molecule is CCCNC(Cc1ccc(Br)cc1Cl)c1scnc1C. The van der Waals surface area contributed by atoms with Crippen molar-refractivity contribution in [3.63, 3.8) is 0 Å². The summed E-state index contributed by atoms with van der Waals surface area (Å²) in [5.74, 6) is 0. The van der Waals surface area contributed by atoms with Crippen molar-refractivity contribution < 1.29 is 0 Å². The van der Waals surface area contributed by atoms with Crippen LogP contribution in [0.2, 0.25) is 5.02 Å². The highest BCUT2D eigenvalue weighted by Gasteiger charge is 2.17. The standard InChI is InChI=1S/C15H18BrClN2S/c1-3-6-18-14(15-10(2)19-9-20-15)7-11-4-5-12(16)8-13(11)17/h4-5,8-9,14,18H,3,6-7H2,1-2H3. The summed E-state index contributed by atoms with van der Waals surface area (Å²) in [7, 11) is 0. The van der Waals surface area contributed by atoms with Gasteiger partial charge in [-0.15, -0.1) is 11.3 Å². The molecule has 1 unspecified atom stereocenters. The van der Waals surface area contributed by atoms with Crippen LogP contribution in [-0.2, 0) is 6.42 Å². The molecule has 0 aliphatic carbocycles. The van der Waals surface area contributed by atoms with Crippen molar-refractivity contribution in [3.8, 4) is 0 Å². The predicted molar refractivity (Wildman–Crippen MR) is 90.7 cm³/mol. The molecule has 1 heterocycles. The predicted octanol–water partition coefficient (Wildman–Crippen LogP) is 5.15. The molecule has 0 fully saturated rings. The summed E-state index contributed by atoms with van der Waals surface area (Å²) < 4.78 is 1.01. The number of benzene rings is 1. The molecule has 108 valence electrons. The van der Waals surface area contributed by atoms with E-state index in [-0.39, 0.29) is 6.04 Å². The van der Waals surface area contributed by atoms with Crippen molar-refractivity contribution in [1.29, 1.82) is 0 Å². The Bertz CT molecular complexity index is 571. The first-order valence-corrected chi connectivity index (χ1v) is 8.74. The molecule has 5 heteroatoms. The number of hydrogen-bond acceptors (Lipinski definition) is 3. The highest BCUT2D eigenvalue weighted by Crippen LogP contribution is 2.29. The van der Waals surface area contributed by atoms with Crippen LogP contribution in [0.3, 0.4) is 0 Å².